The zero-order chi connectivity index (χ0) is 12.8. The van der Waals surface area contributed by atoms with Gasteiger partial charge in [-0.3, -0.25) is 4.90 Å². The number of amidine groups is 1. The second-order valence-electron chi connectivity index (χ2n) is 4.84. The molecular weight excluding hydrogens is 226 g/mol. The third-order valence-electron chi connectivity index (χ3n) is 3.50. The van der Waals surface area contributed by atoms with E-state index in [2.05, 4.69) is 34.3 Å². The third-order valence-corrected chi connectivity index (χ3v) is 3.50. The lowest BCUT2D eigenvalue weighted by molar-refractivity contribution is 0.249. The van der Waals surface area contributed by atoms with Gasteiger partial charge in [0.05, 0.1) is 0 Å². The number of hydrogen-bond donors (Lipinski definition) is 2. The van der Waals surface area contributed by atoms with Crippen LogP contribution in [0.15, 0.2) is 29.4 Å². The number of hydrogen-bond acceptors (Lipinski definition) is 3. The maximum Gasteiger partial charge on any atom is 0.139 e. The van der Waals surface area contributed by atoms with Crippen molar-refractivity contribution in [3.63, 3.8) is 0 Å². The highest BCUT2D eigenvalue weighted by atomic mass is 16.4. The van der Waals surface area contributed by atoms with Gasteiger partial charge in [-0.15, -0.1) is 0 Å². The Bertz CT molecular complexity index is 417. The van der Waals surface area contributed by atoms with Gasteiger partial charge >= 0.3 is 0 Å². The molecule has 0 spiro atoms. The summed E-state index contributed by atoms with van der Waals surface area (Å²) in [7, 11) is 0. The van der Waals surface area contributed by atoms with Crippen molar-refractivity contribution in [2.45, 2.75) is 32.2 Å². The second-order valence-corrected chi connectivity index (χ2v) is 4.84. The van der Waals surface area contributed by atoms with E-state index in [9.17, 15) is 0 Å². The van der Waals surface area contributed by atoms with E-state index in [1.165, 1.54) is 11.1 Å². The lowest BCUT2D eigenvalue weighted by Crippen LogP contribution is -2.31. The molecule has 3 N–H and O–H groups in total. The van der Waals surface area contributed by atoms with Crippen molar-refractivity contribution < 1.29 is 5.21 Å². The number of unbranched alkanes of at least 4 members (excludes halogenated alkanes) is 1. The molecule has 1 aromatic rings. The number of oxime groups is 1. The molecule has 0 unspecified atom stereocenters. The SMILES string of the molecule is N/C(CCCCN1CCc2ccccc2C1)=N/O. The van der Waals surface area contributed by atoms with Crippen molar-refractivity contribution in [2.24, 2.45) is 10.9 Å². The van der Waals surface area contributed by atoms with E-state index in [-0.39, 0.29) is 0 Å². The fraction of sp³-hybridized carbons (Fsp3) is 0.500. The average molecular weight is 247 g/mol. The molecule has 4 nitrogen and oxygen atoms in total. The third kappa shape index (κ3) is 3.47. The molecule has 0 radical (unpaired) electrons. The van der Waals surface area contributed by atoms with Gasteiger partial charge in [0.1, 0.15) is 5.84 Å². The van der Waals surface area contributed by atoms with Crippen LogP contribution in [0.1, 0.15) is 30.4 Å². The molecule has 1 aliphatic rings. The normalized spacial score (nSPS) is 16.6. The Morgan fingerprint density at radius 1 is 1.28 bits per heavy atom. The maximum absolute atomic E-state index is 8.44. The van der Waals surface area contributed by atoms with E-state index >= 15 is 0 Å². The van der Waals surface area contributed by atoms with Gasteiger partial charge in [-0.2, -0.15) is 0 Å². The van der Waals surface area contributed by atoms with E-state index < -0.39 is 0 Å². The van der Waals surface area contributed by atoms with Gasteiger partial charge in [0, 0.05) is 19.5 Å². The average Bonchev–Trinajstić information content (AvgIpc) is 2.43. The zero-order valence-corrected chi connectivity index (χ0v) is 10.7. The van der Waals surface area contributed by atoms with E-state index in [1.54, 1.807) is 0 Å². The number of nitrogens with zero attached hydrogens (tertiary/aromatic N) is 2. The molecule has 0 aliphatic carbocycles. The number of rotatable bonds is 5. The monoisotopic (exact) mass is 247 g/mol. The summed E-state index contributed by atoms with van der Waals surface area (Å²) in [6.45, 7) is 3.29. The van der Waals surface area contributed by atoms with Crippen LogP contribution in [-0.2, 0) is 13.0 Å². The number of nitrogens with two attached hydrogens (primary N) is 1. The minimum atomic E-state index is 0.332. The molecule has 0 atom stereocenters. The summed E-state index contributed by atoms with van der Waals surface area (Å²) in [5.41, 5.74) is 8.39. The minimum Gasteiger partial charge on any atom is -0.409 e. The minimum absolute atomic E-state index is 0.332. The zero-order valence-electron chi connectivity index (χ0n) is 10.7. The van der Waals surface area contributed by atoms with Gasteiger partial charge in [-0.25, -0.2) is 0 Å². The summed E-state index contributed by atoms with van der Waals surface area (Å²) in [6.07, 6.45) is 3.91. The van der Waals surface area contributed by atoms with Crippen LogP contribution in [0.2, 0.25) is 0 Å². The van der Waals surface area contributed by atoms with Gasteiger partial charge < -0.3 is 10.9 Å². The first kappa shape index (κ1) is 12.9. The fourth-order valence-corrected chi connectivity index (χ4v) is 2.44. The molecule has 1 aromatic carbocycles. The fourth-order valence-electron chi connectivity index (χ4n) is 2.44. The molecule has 0 bridgehead atoms. The highest BCUT2D eigenvalue weighted by Crippen LogP contribution is 2.18. The molecule has 0 fully saturated rings. The molecule has 18 heavy (non-hydrogen) atoms. The van der Waals surface area contributed by atoms with Crippen LogP contribution in [-0.4, -0.2) is 29.0 Å². The Hall–Kier alpha value is -1.55. The van der Waals surface area contributed by atoms with Crippen molar-refractivity contribution in [1.82, 2.24) is 4.90 Å². The highest BCUT2D eigenvalue weighted by Gasteiger charge is 2.14. The summed E-state index contributed by atoms with van der Waals surface area (Å²) in [4.78, 5) is 2.48. The van der Waals surface area contributed by atoms with Crippen LogP contribution in [0.3, 0.4) is 0 Å². The number of fused-ring (bicyclic) bond motifs is 1. The first-order chi connectivity index (χ1) is 8.79. The highest BCUT2D eigenvalue weighted by molar-refractivity contribution is 5.79. The summed E-state index contributed by atoms with van der Waals surface area (Å²) < 4.78 is 0. The van der Waals surface area contributed by atoms with E-state index in [0.29, 0.717) is 12.3 Å². The van der Waals surface area contributed by atoms with Gasteiger partial charge in [0.2, 0.25) is 0 Å². The van der Waals surface area contributed by atoms with Crippen LogP contribution in [0.4, 0.5) is 0 Å². The molecule has 2 rings (SSSR count). The van der Waals surface area contributed by atoms with Gasteiger partial charge in [-0.05, 0) is 36.9 Å². The molecule has 0 saturated carbocycles. The molecule has 0 amide bonds. The van der Waals surface area contributed by atoms with Gasteiger partial charge in [0.15, 0.2) is 0 Å². The first-order valence-corrected chi connectivity index (χ1v) is 6.55. The van der Waals surface area contributed by atoms with Crippen molar-refractivity contribution in [1.29, 1.82) is 0 Å². The quantitative estimate of drug-likeness (QED) is 0.275. The second kappa shape index (κ2) is 6.40. The van der Waals surface area contributed by atoms with Crippen LogP contribution >= 0.6 is 0 Å². The molecule has 1 aliphatic heterocycles. The predicted molar refractivity (Wildman–Crippen MR) is 72.7 cm³/mol. The van der Waals surface area contributed by atoms with Crippen molar-refractivity contribution in [3.8, 4) is 0 Å². The Morgan fingerprint density at radius 3 is 2.83 bits per heavy atom. The van der Waals surface area contributed by atoms with Crippen molar-refractivity contribution >= 4 is 5.84 Å². The van der Waals surface area contributed by atoms with E-state index in [1.807, 2.05) is 0 Å². The van der Waals surface area contributed by atoms with Crippen molar-refractivity contribution in [2.75, 3.05) is 13.1 Å². The summed E-state index contributed by atoms with van der Waals surface area (Å²) in [5, 5.41) is 11.4. The predicted octanol–water partition coefficient (Wildman–Crippen LogP) is 1.96. The summed E-state index contributed by atoms with van der Waals surface area (Å²) in [5.74, 6) is 0.332. The van der Waals surface area contributed by atoms with E-state index in [0.717, 1.165) is 38.9 Å². The van der Waals surface area contributed by atoms with Gasteiger partial charge in [-0.1, -0.05) is 29.4 Å². The maximum atomic E-state index is 8.44. The molecule has 1 heterocycles. The first-order valence-electron chi connectivity index (χ1n) is 6.55. The summed E-state index contributed by atoms with van der Waals surface area (Å²) >= 11 is 0. The Balaban J connectivity index is 1.73. The Labute approximate surface area is 108 Å². The van der Waals surface area contributed by atoms with Gasteiger partial charge in [0.25, 0.3) is 0 Å². The van der Waals surface area contributed by atoms with Crippen LogP contribution in [0.25, 0.3) is 0 Å². The standard InChI is InChI=1S/C14H21N3O/c15-14(16-18)7-3-4-9-17-10-8-12-5-1-2-6-13(12)11-17/h1-2,5-6,18H,3-4,7-11H2,(H2,15,16). The molecule has 98 valence electrons. The topological polar surface area (TPSA) is 61.8 Å². The Morgan fingerprint density at radius 2 is 2.06 bits per heavy atom. The Kier molecular flexibility index (Phi) is 4.59. The molecular formula is C14H21N3O. The van der Waals surface area contributed by atoms with Crippen LogP contribution < -0.4 is 5.73 Å². The molecule has 0 saturated heterocycles. The van der Waals surface area contributed by atoms with Crippen molar-refractivity contribution in [3.05, 3.63) is 35.4 Å². The lowest BCUT2D eigenvalue weighted by atomic mass is 10.00. The van der Waals surface area contributed by atoms with E-state index in [4.69, 9.17) is 10.9 Å². The summed E-state index contributed by atoms with van der Waals surface area (Å²) in [6, 6.07) is 8.68. The largest absolute Gasteiger partial charge is 0.409 e. The molecule has 0 aromatic heterocycles. The smallest absolute Gasteiger partial charge is 0.139 e. The van der Waals surface area contributed by atoms with Crippen LogP contribution in [0.5, 0.6) is 0 Å². The molecule has 4 heteroatoms. The van der Waals surface area contributed by atoms with Crippen LogP contribution in [0, 0.1) is 0 Å². The number of benzene rings is 1. The lowest BCUT2D eigenvalue weighted by Gasteiger charge is -2.28.